The molecule has 0 radical (unpaired) electrons. The lowest BCUT2D eigenvalue weighted by Crippen LogP contribution is -2.64. The topological polar surface area (TPSA) is 155 Å². The molecule has 1 unspecified atom stereocenters. The quantitative estimate of drug-likeness (QED) is 0.485. The lowest BCUT2D eigenvalue weighted by atomic mass is 9.55. The summed E-state index contributed by atoms with van der Waals surface area (Å²) in [7, 11) is 0. The number of carboxylic acids is 3. The Morgan fingerprint density at radius 3 is 1.33 bits per heavy atom. The van der Waals surface area contributed by atoms with Gasteiger partial charge in [-0.1, -0.05) is 12.8 Å². The third-order valence-corrected chi connectivity index (χ3v) is 3.60. The van der Waals surface area contributed by atoms with E-state index in [1.54, 1.807) is 0 Å². The van der Waals surface area contributed by atoms with E-state index in [0.717, 1.165) is 0 Å². The van der Waals surface area contributed by atoms with Crippen LogP contribution in [0, 0.1) is 10.8 Å². The molecule has 0 bridgehead atoms. The van der Waals surface area contributed by atoms with Gasteiger partial charge in [0.1, 0.15) is 0 Å². The molecule has 8 nitrogen and oxygen atoms in total. The number of primary amides is 1. The molecule has 1 amide bonds. The van der Waals surface area contributed by atoms with E-state index < -0.39 is 47.5 Å². The van der Waals surface area contributed by atoms with Crippen molar-refractivity contribution < 1.29 is 34.5 Å². The van der Waals surface area contributed by atoms with Crippen LogP contribution in [0.1, 0.15) is 25.7 Å². The number of carboxylic acid groups (broad SMARTS) is 3. The first-order valence-electron chi connectivity index (χ1n) is 5.23. The van der Waals surface area contributed by atoms with Gasteiger partial charge in [0, 0.05) is 0 Å². The fourth-order valence-corrected chi connectivity index (χ4v) is 2.61. The molecule has 0 aromatic carbocycles. The zero-order valence-electron chi connectivity index (χ0n) is 9.38. The van der Waals surface area contributed by atoms with Crippen LogP contribution in [0.3, 0.4) is 0 Å². The minimum Gasteiger partial charge on any atom is -0.480 e. The van der Waals surface area contributed by atoms with E-state index >= 15 is 0 Å². The molecule has 0 aromatic rings. The molecule has 1 fully saturated rings. The molecule has 1 saturated carbocycles. The van der Waals surface area contributed by atoms with Crippen molar-refractivity contribution in [2.45, 2.75) is 25.7 Å². The van der Waals surface area contributed by atoms with E-state index in [1.807, 2.05) is 0 Å². The van der Waals surface area contributed by atoms with Gasteiger partial charge in [0.2, 0.25) is 5.91 Å². The van der Waals surface area contributed by atoms with Crippen molar-refractivity contribution in [1.29, 1.82) is 0 Å². The second kappa shape index (κ2) is 4.28. The van der Waals surface area contributed by atoms with Gasteiger partial charge < -0.3 is 21.1 Å². The predicted molar refractivity (Wildman–Crippen MR) is 55.4 cm³/mol. The summed E-state index contributed by atoms with van der Waals surface area (Å²) in [6.45, 7) is 0. The summed E-state index contributed by atoms with van der Waals surface area (Å²) in [5.74, 6) is -6.94. The average Bonchev–Trinajstić information content (AvgIpc) is 2.27. The molecule has 18 heavy (non-hydrogen) atoms. The Labute approximate surface area is 101 Å². The monoisotopic (exact) mass is 259 g/mol. The molecule has 5 N–H and O–H groups in total. The smallest absolute Gasteiger partial charge is 0.322 e. The first kappa shape index (κ1) is 13.9. The van der Waals surface area contributed by atoms with Crippen LogP contribution in [0.2, 0.25) is 0 Å². The Morgan fingerprint density at radius 2 is 1.11 bits per heavy atom. The summed E-state index contributed by atoms with van der Waals surface area (Å²) >= 11 is 0. The lowest BCUT2D eigenvalue weighted by molar-refractivity contribution is -0.193. The van der Waals surface area contributed by atoms with Gasteiger partial charge in [-0.3, -0.25) is 19.2 Å². The molecular formula is C10H13NO7. The van der Waals surface area contributed by atoms with Crippen molar-refractivity contribution in [1.82, 2.24) is 0 Å². The van der Waals surface area contributed by atoms with Gasteiger partial charge >= 0.3 is 17.9 Å². The van der Waals surface area contributed by atoms with E-state index in [1.165, 1.54) is 0 Å². The zero-order valence-corrected chi connectivity index (χ0v) is 9.38. The highest BCUT2D eigenvalue weighted by Crippen LogP contribution is 2.51. The molecule has 0 heterocycles. The molecule has 1 rings (SSSR count). The third-order valence-electron chi connectivity index (χ3n) is 3.60. The maximum Gasteiger partial charge on any atom is 0.322 e. The largest absolute Gasteiger partial charge is 0.480 e. The van der Waals surface area contributed by atoms with E-state index in [4.69, 9.17) is 21.1 Å². The number of nitrogens with two attached hydrogens (primary N) is 1. The van der Waals surface area contributed by atoms with Crippen molar-refractivity contribution >= 4 is 23.8 Å². The number of carbonyl (C=O) groups excluding carboxylic acids is 1. The number of hydrogen-bond donors (Lipinski definition) is 4. The molecule has 8 heteroatoms. The minimum absolute atomic E-state index is 0.209. The van der Waals surface area contributed by atoms with Crippen LogP contribution in [0.15, 0.2) is 0 Å². The molecule has 0 saturated heterocycles. The van der Waals surface area contributed by atoms with E-state index in [0.29, 0.717) is 0 Å². The number of amides is 1. The maximum atomic E-state index is 11.5. The summed E-state index contributed by atoms with van der Waals surface area (Å²) in [5, 5.41) is 27.4. The molecule has 0 aliphatic heterocycles. The molecule has 0 aromatic heterocycles. The average molecular weight is 259 g/mol. The molecule has 1 aliphatic rings. The highest BCUT2D eigenvalue weighted by molar-refractivity contribution is 6.14. The Morgan fingerprint density at radius 1 is 0.778 bits per heavy atom. The SMILES string of the molecule is NC(=O)C1(C(=O)O)CCCCC1(C(=O)O)C(=O)O. The summed E-state index contributed by atoms with van der Waals surface area (Å²) in [5.41, 5.74) is -0.306. The van der Waals surface area contributed by atoms with Crippen LogP contribution in [-0.2, 0) is 19.2 Å². The fraction of sp³-hybridized carbons (Fsp3) is 0.600. The zero-order chi connectivity index (χ0) is 14.1. The number of rotatable bonds is 4. The second-order valence-electron chi connectivity index (χ2n) is 4.30. The van der Waals surface area contributed by atoms with E-state index in [2.05, 4.69) is 0 Å². The van der Waals surface area contributed by atoms with Crippen LogP contribution in [-0.4, -0.2) is 39.1 Å². The number of aliphatic carboxylic acids is 3. The third kappa shape index (κ3) is 1.45. The van der Waals surface area contributed by atoms with Gasteiger partial charge in [-0.15, -0.1) is 0 Å². The van der Waals surface area contributed by atoms with Crippen molar-refractivity contribution in [3.63, 3.8) is 0 Å². The molecule has 0 spiro atoms. The highest BCUT2D eigenvalue weighted by Gasteiger charge is 2.70. The van der Waals surface area contributed by atoms with Gasteiger partial charge in [0.25, 0.3) is 0 Å². The molecule has 1 atom stereocenters. The summed E-state index contributed by atoms with van der Waals surface area (Å²) in [6, 6.07) is 0. The Kier molecular flexibility index (Phi) is 3.32. The van der Waals surface area contributed by atoms with Crippen LogP contribution >= 0.6 is 0 Å². The summed E-state index contributed by atoms with van der Waals surface area (Å²) in [4.78, 5) is 45.4. The van der Waals surface area contributed by atoms with E-state index in [-0.39, 0.29) is 12.8 Å². The Balaban J connectivity index is 3.61. The first-order valence-corrected chi connectivity index (χ1v) is 5.23. The fourth-order valence-electron chi connectivity index (χ4n) is 2.61. The summed E-state index contributed by atoms with van der Waals surface area (Å²) < 4.78 is 0. The van der Waals surface area contributed by atoms with E-state index in [9.17, 15) is 19.2 Å². The van der Waals surface area contributed by atoms with Gasteiger partial charge in [0.05, 0.1) is 0 Å². The van der Waals surface area contributed by atoms with Gasteiger partial charge in [-0.25, -0.2) is 0 Å². The predicted octanol–water partition coefficient (Wildman–Crippen LogP) is -0.728. The van der Waals surface area contributed by atoms with Crippen LogP contribution < -0.4 is 5.73 Å². The maximum absolute atomic E-state index is 11.5. The lowest BCUT2D eigenvalue weighted by Gasteiger charge is -2.42. The van der Waals surface area contributed by atoms with Crippen LogP contribution in [0.5, 0.6) is 0 Å². The highest BCUT2D eigenvalue weighted by atomic mass is 16.4. The van der Waals surface area contributed by atoms with Crippen molar-refractivity contribution in [2.75, 3.05) is 0 Å². The van der Waals surface area contributed by atoms with Gasteiger partial charge in [-0.2, -0.15) is 0 Å². The molecule has 1 aliphatic carbocycles. The molecular weight excluding hydrogens is 246 g/mol. The van der Waals surface area contributed by atoms with Crippen molar-refractivity contribution in [3.8, 4) is 0 Å². The standard InChI is InChI=1S/C10H13NO7/c11-5(12)9(6(13)14)3-1-2-4-10(9,7(15)16)8(17)18/h1-4H2,(H2,11,12)(H,13,14)(H,15,16)(H,17,18). The van der Waals surface area contributed by atoms with Crippen LogP contribution in [0.4, 0.5) is 0 Å². The Hall–Kier alpha value is -2.12. The number of carbonyl (C=O) groups is 4. The summed E-state index contributed by atoms with van der Waals surface area (Å²) in [6.07, 6.45) is -0.387. The minimum atomic E-state index is -2.71. The normalized spacial score (nSPS) is 26.2. The van der Waals surface area contributed by atoms with Gasteiger partial charge in [-0.05, 0) is 12.8 Å². The second-order valence-corrected chi connectivity index (χ2v) is 4.30. The number of hydrogen-bond acceptors (Lipinski definition) is 4. The van der Waals surface area contributed by atoms with Crippen molar-refractivity contribution in [3.05, 3.63) is 0 Å². The van der Waals surface area contributed by atoms with Crippen LogP contribution in [0.25, 0.3) is 0 Å². The molecule has 100 valence electrons. The van der Waals surface area contributed by atoms with Crippen molar-refractivity contribution in [2.24, 2.45) is 16.6 Å². The first-order chi connectivity index (χ1) is 8.23. The Bertz CT molecular complexity index is 360. The van der Waals surface area contributed by atoms with Gasteiger partial charge in [0.15, 0.2) is 10.8 Å².